The SMILES string of the molecule is CC(C)c1ccc2cc(C(=O)N3CCC[C@@H](CCN)C3)[nH]c2c1. The summed E-state index contributed by atoms with van der Waals surface area (Å²) in [6.07, 6.45) is 3.27. The molecule has 1 aliphatic rings. The molecule has 1 aliphatic heterocycles. The van der Waals surface area contributed by atoms with E-state index < -0.39 is 0 Å². The molecule has 2 aromatic rings. The normalized spacial score (nSPS) is 18.8. The van der Waals surface area contributed by atoms with Crippen molar-refractivity contribution in [2.45, 2.75) is 39.0 Å². The van der Waals surface area contributed by atoms with Crippen LogP contribution in [-0.2, 0) is 0 Å². The summed E-state index contributed by atoms with van der Waals surface area (Å²) in [6.45, 7) is 6.76. The summed E-state index contributed by atoms with van der Waals surface area (Å²) in [4.78, 5) is 18.1. The molecule has 4 nitrogen and oxygen atoms in total. The quantitative estimate of drug-likeness (QED) is 0.907. The Bertz CT molecular complexity index is 687. The number of H-pyrrole nitrogens is 1. The molecule has 0 bridgehead atoms. The number of rotatable bonds is 4. The molecule has 23 heavy (non-hydrogen) atoms. The molecule has 3 rings (SSSR count). The van der Waals surface area contributed by atoms with Crippen LogP contribution in [0.4, 0.5) is 0 Å². The summed E-state index contributed by atoms with van der Waals surface area (Å²) < 4.78 is 0. The number of nitrogens with two attached hydrogens (primary N) is 1. The van der Waals surface area contributed by atoms with Crippen molar-refractivity contribution in [3.8, 4) is 0 Å². The van der Waals surface area contributed by atoms with Crippen LogP contribution in [0.1, 0.15) is 55.1 Å². The van der Waals surface area contributed by atoms with Gasteiger partial charge in [0, 0.05) is 24.0 Å². The molecule has 0 spiro atoms. The minimum absolute atomic E-state index is 0.119. The van der Waals surface area contributed by atoms with Gasteiger partial charge in [0.25, 0.3) is 5.91 Å². The Kier molecular flexibility index (Phi) is 4.71. The second kappa shape index (κ2) is 6.75. The summed E-state index contributed by atoms with van der Waals surface area (Å²) in [5.41, 5.74) is 8.72. The smallest absolute Gasteiger partial charge is 0.270 e. The van der Waals surface area contributed by atoms with Crippen molar-refractivity contribution in [1.82, 2.24) is 9.88 Å². The van der Waals surface area contributed by atoms with Crippen molar-refractivity contribution in [1.29, 1.82) is 0 Å². The Morgan fingerprint density at radius 1 is 1.39 bits per heavy atom. The van der Waals surface area contributed by atoms with Gasteiger partial charge in [0.2, 0.25) is 0 Å². The number of aromatic amines is 1. The molecule has 4 heteroatoms. The van der Waals surface area contributed by atoms with E-state index in [0.717, 1.165) is 36.8 Å². The van der Waals surface area contributed by atoms with E-state index in [4.69, 9.17) is 5.73 Å². The Morgan fingerprint density at radius 2 is 2.22 bits per heavy atom. The summed E-state index contributed by atoms with van der Waals surface area (Å²) in [7, 11) is 0. The first kappa shape index (κ1) is 16.1. The number of aromatic nitrogens is 1. The van der Waals surface area contributed by atoms with Gasteiger partial charge in [-0.3, -0.25) is 4.79 Å². The highest BCUT2D eigenvalue weighted by atomic mass is 16.2. The number of hydrogen-bond acceptors (Lipinski definition) is 2. The summed E-state index contributed by atoms with van der Waals surface area (Å²) in [6, 6.07) is 8.39. The maximum Gasteiger partial charge on any atom is 0.270 e. The lowest BCUT2D eigenvalue weighted by atomic mass is 9.94. The number of benzene rings is 1. The van der Waals surface area contributed by atoms with Gasteiger partial charge >= 0.3 is 0 Å². The summed E-state index contributed by atoms with van der Waals surface area (Å²) in [5, 5.41) is 1.10. The Balaban J connectivity index is 1.80. The van der Waals surface area contributed by atoms with E-state index in [1.54, 1.807) is 0 Å². The van der Waals surface area contributed by atoms with Crippen LogP contribution in [0, 0.1) is 5.92 Å². The predicted octanol–water partition coefficient (Wildman–Crippen LogP) is 3.49. The lowest BCUT2D eigenvalue weighted by molar-refractivity contribution is 0.0664. The van der Waals surface area contributed by atoms with Gasteiger partial charge in [-0.25, -0.2) is 0 Å². The zero-order valence-corrected chi connectivity index (χ0v) is 14.1. The molecule has 2 heterocycles. The van der Waals surface area contributed by atoms with E-state index in [1.807, 2.05) is 11.0 Å². The molecule has 0 radical (unpaired) electrons. The molecule has 1 aromatic carbocycles. The van der Waals surface area contributed by atoms with E-state index in [1.165, 1.54) is 12.0 Å². The van der Waals surface area contributed by atoms with Crippen LogP contribution in [0.25, 0.3) is 10.9 Å². The van der Waals surface area contributed by atoms with Gasteiger partial charge in [-0.1, -0.05) is 26.0 Å². The van der Waals surface area contributed by atoms with Crippen molar-refractivity contribution in [2.75, 3.05) is 19.6 Å². The maximum absolute atomic E-state index is 12.8. The van der Waals surface area contributed by atoms with E-state index in [0.29, 0.717) is 24.1 Å². The van der Waals surface area contributed by atoms with Gasteiger partial charge in [-0.05, 0) is 55.3 Å². The van der Waals surface area contributed by atoms with Crippen LogP contribution in [0.2, 0.25) is 0 Å². The zero-order chi connectivity index (χ0) is 16.4. The second-order valence-corrected chi connectivity index (χ2v) is 7.02. The molecular weight excluding hydrogens is 286 g/mol. The largest absolute Gasteiger partial charge is 0.351 e. The Labute approximate surface area is 138 Å². The van der Waals surface area contributed by atoms with Crippen LogP contribution in [0.15, 0.2) is 24.3 Å². The number of nitrogens with zero attached hydrogens (tertiary/aromatic N) is 1. The van der Waals surface area contributed by atoms with Gasteiger partial charge in [-0.2, -0.15) is 0 Å². The van der Waals surface area contributed by atoms with Crippen LogP contribution >= 0.6 is 0 Å². The van der Waals surface area contributed by atoms with E-state index in [2.05, 4.69) is 37.0 Å². The van der Waals surface area contributed by atoms with Crippen LogP contribution in [0.5, 0.6) is 0 Å². The monoisotopic (exact) mass is 313 g/mol. The molecule has 1 atom stereocenters. The molecule has 1 aromatic heterocycles. The van der Waals surface area contributed by atoms with Gasteiger partial charge in [0.05, 0.1) is 0 Å². The van der Waals surface area contributed by atoms with Gasteiger partial charge < -0.3 is 15.6 Å². The van der Waals surface area contributed by atoms with Gasteiger partial charge in [0.15, 0.2) is 0 Å². The highest BCUT2D eigenvalue weighted by Crippen LogP contribution is 2.24. The van der Waals surface area contributed by atoms with Crippen molar-refractivity contribution in [2.24, 2.45) is 11.7 Å². The fourth-order valence-corrected chi connectivity index (χ4v) is 3.51. The topological polar surface area (TPSA) is 62.1 Å². The molecule has 3 N–H and O–H groups in total. The third kappa shape index (κ3) is 3.42. The number of piperidine rings is 1. The third-order valence-corrected chi connectivity index (χ3v) is 4.92. The first-order valence-electron chi connectivity index (χ1n) is 8.70. The fraction of sp³-hybridized carbons (Fsp3) is 0.526. The highest BCUT2D eigenvalue weighted by Gasteiger charge is 2.25. The van der Waals surface area contributed by atoms with Crippen molar-refractivity contribution >= 4 is 16.8 Å². The number of hydrogen-bond donors (Lipinski definition) is 2. The first-order chi connectivity index (χ1) is 11.1. The van der Waals surface area contributed by atoms with Crippen molar-refractivity contribution < 1.29 is 4.79 Å². The number of likely N-dealkylation sites (tertiary alicyclic amines) is 1. The molecule has 0 aliphatic carbocycles. The Hall–Kier alpha value is -1.81. The predicted molar refractivity (Wildman–Crippen MR) is 94.7 cm³/mol. The minimum Gasteiger partial charge on any atom is -0.351 e. The fourth-order valence-electron chi connectivity index (χ4n) is 3.51. The summed E-state index contributed by atoms with van der Waals surface area (Å²) >= 11 is 0. The molecular formula is C19H27N3O. The molecule has 1 saturated heterocycles. The van der Waals surface area contributed by atoms with Crippen molar-refractivity contribution in [3.05, 3.63) is 35.5 Å². The van der Waals surface area contributed by atoms with E-state index in [9.17, 15) is 4.79 Å². The van der Waals surface area contributed by atoms with Crippen LogP contribution in [-0.4, -0.2) is 35.4 Å². The number of nitrogens with one attached hydrogen (secondary N) is 1. The second-order valence-electron chi connectivity index (χ2n) is 7.02. The highest BCUT2D eigenvalue weighted by molar-refractivity contribution is 5.98. The standard InChI is InChI=1S/C19H27N3O/c1-13(2)15-5-6-16-11-18(21-17(16)10-15)19(23)22-9-3-4-14(12-22)7-8-20/h5-6,10-11,13-14,21H,3-4,7-9,12,20H2,1-2H3/t14-/m0/s1. The lowest BCUT2D eigenvalue weighted by Gasteiger charge is -2.32. The number of fused-ring (bicyclic) bond motifs is 1. The minimum atomic E-state index is 0.119. The van der Waals surface area contributed by atoms with E-state index >= 15 is 0 Å². The molecule has 124 valence electrons. The van der Waals surface area contributed by atoms with Gasteiger partial charge in [-0.15, -0.1) is 0 Å². The van der Waals surface area contributed by atoms with Crippen LogP contribution in [0.3, 0.4) is 0 Å². The summed E-state index contributed by atoms with van der Waals surface area (Å²) in [5.74, 6) is 1.16. The Morgan fingerprint density at radius 3 is 2.96 bits per heavy atom. The third-order valence-electron chi connectivity index (χ3n) is 4.92. The molecule has 0 saturated carbocycles. The van der Waals surface area contributed by atoms with Gasteiger partial charge in [0.1, 0.15) is 5.69 Å². The average molecular weight is 313 g/mol. The first-order valence-corrected chi connectivity index (χ1v) is 8.70. The molecule has 0 unspecified atom stereocenters. The van der Waals surface area contributed by atoms with E-state index in [-0.39, 0.29) is 5.91 Å². The zero-order valence-electron chi connectivity index (χ0n) is 14.1. The van der Waals surface area contributed by atoms with Crippen LogP contribution < -0.4 is 5.73 Å². The lowest BCUT2D eigenvalue weighted by Crippen LogP contribution is -2.40. The molecule has 1 amide bonds. The van der Waals surface area contributed by atoms with Crippen molar-refractivity contribution in [3.63, 3.8) is 0 Å². The average Bonchev–Trinajstić information content (AvgIpc) is 2.97. The number of carbonyl (C=O) groups excluding carboxylic acids is 1. The molecule has 1 fully saturated rings. The number of carbonyl (C=O) groups is 1. The number of amides is 1. The maximum atomic E-state index is 12.8.